The van der Waals surface area contributed by atoms with E-state index in [-0.39, 0.29) is 0 Å². The Labute approximate surface area is 131 Å². The summed E-state index contributed by atoms with van der Waals surface area (Å²) in [5.74, 6) is 1.24. The van der Waals surface area contributed by atoms with Gasteiger partial charge in [0, 0.05) is 33.0 Å². The van der Waals surface area contributed by atoms with Gasteiger partial charge >= 0.3 is 0 Å². The summed E-state index contributed by atoms with van der Waals surface area (Å²) in [6.07, 6.45) is 3.57. The first-order chi connectivity index (χ1) is 10.4. The average molecular weight is 304 g/mol. The topological polar surface area (TPSA) is 65.9 Å². The lowest BCUT2D eigenvalue weighted by Crippen LogP contribution is -2.45. The van der Waals surface area contributed by atoms with E-state index in [1.165, 1.54) is 5.69 Å². The fraction of sp³-hybridized carbons (Fsp3) is 0.438. The molecule has 2 heterocycles. The summed E-state index contributed by atoms with van der Waals surface area (Å²) in [4.78, 5) is 6.27. The number of nitrogens with one attached hydrogen (secondary N) is 1. The number of furan rings is 1. The number of hydrogen-bond acceptors (Lipinski definition) is 3. The van der Waals surface area contributed by atoms with E-state index >= 15 is 0 Å². The van der Waals surface area contributed by atoms with E-state index in [4.69, 9.17) is 4.42 Å². The van der Waals surface area contributed by atoms with Gasteiger partial charge in [0.25, 0.3) is 0 Å². The lowest BCUT2D eigenvalue weighted by molar-refractivity contribution is 0.0381. The van der Waals surface area contributed by atoms with Crippen molar-refractivity contribution in [3.63, 3.8) is 0 Å². The second-order valence-electron chi connectivity index (χ2n) is 5.62. The fourth-order valence-corrected chi connectivity index (χ4v) is 2.29. The molecule has 2 aromatic heterocycles. The molecule has 1 atom stereocenters. The van der Waals surface area contributed by atoms with Crippen molar-refractivity contribution in [2.24, 2.45) is 12.0 Å². The van der Waals surface area contributed by atoms with E-state index in [1.807, 2.05) is 31.3 Å². The molecule has 22 heavy (non-hydrogen) atoms. The first-order valence-electron chi connectivity index (χ1n) is 7.22. The fourth-order valence-electron chi connectivity index (χ4n) is 2.29. The summed E-state index contributed by atoms with van der Waals surface area (Å²) < 4.78 is 7.35. The Hall–Kier alpha value is -2.21. The van der Waals surface area contributed by atoms with Crippen LogP contribution in [0.1, 0.15) is 18.4 Å². The summed E-state index contributed by atoms with van der Waals surface area (Å²) in [5, 5.41) is 13.7. The molecule has 120 valence electrons. The monoisotopic (exact) mass is 304 g/mol. The first-order valence-corrected chi connectivity index (χ1v) is 7.22. The Balaban J connectivity index is 1.96. The third-order valence-corrected chi connectivity index (χ3v) is 3.67. The van der Waals surface area contributed by atoms with Crippen LogP contribution >= 0.6 is 0 Å². The predicted octanol–water partition coefficient (Wildman–Crippen LogP) is 1.53. The van der Waals surface area contributed by atoms with Crippen LogP contribution in [0.25, 0.3) is 0 Å². The Morgan fingerprint density at radius 3 is 2.77 bits per heavy atom. The summed E-state index contributed by atoms with van der Waals surface area (Å²) in [7, 11) is 5.70. The van der Waals surface area contributed by atoms with Crippen molar-refractivity contribution >= 4 is 5.96 Å². The Bertz CT molecular complexity index is 614. The molecule has 0 aliphatic heterocycles. The van der Waals surface area contributed by atoms with Gasteiger partial charge in [-0.2, -0.15) is 0 Å². The van der Waals surface area contributed by atoms with Crippen LogP contribution in [0, 0.1) is 0 Å². The number of hydrogen-bond donors (Lipinski definition) is 2. The van der Waals surface area contributed by atoms with Crippen molar-refractivity contribution < 1.29 is 9.52 Å². The highest BCUT2D eigenvalue weighted by molar-refractivity contribution is 5.79. The molecule has 2 N–H and O–H groups in total. The average Bonchev–Trinajstić information content (AvgIpc) is 3.12. The number of aliphatic imine (C=N–C) groups is 1. The predicted molar refractivity (Wildman–Crippen MR) is 86.5 cm³/mol. The van der Waals surface area contributed by atoms with Crippen LogP contribution in [0.2, 0.25) is 0 Å². The van der Waals surface area contributed by atoms with Crippen molar-refractivity contribution in [2.45, 2.75) is 19.1 Å². The van der Waals surface area contributed by atoms with Gasteiger partial charge in [-0.1, -0.05) is 0 Å². The van der Waals surface area contributed by atoms with Crippen LogP contribution < -0.4 is 5.32 Å². The molecule has 0 bridgehead atoms. The van der Waals surface area contributed by atoms with E-state index in [1.54, 1.807) is 32.4 Å². The summed E-state index contributed by atoms with van der Waals surface area (Å²) in [6.45, 7) is 2.75. The first kappa shape index (κ1) is 16.2. The number of aryl methyl sites for hydroxylation is 1. The molecule has 0 radical (unpaired) electrons. The van der Waals surface area contributed by atoms with Crippen molar-refractivity contribution in [1.29, 1.82) is 0 Å². The summed E-state index contributed by atoms with van der Waals surface area (Å²) in [6, 6.07) is 7.61. The second-order valence-corrected chi connectivity index (χ2v) is 5.62. The van der Waals surface area contributed by atoms with Gasteiger partial charge < -0.3 is 24.3 Å². The van der Waals surface area contributed by atoms with Gasteiger partial charge in [-0.25, -0.2) is 0 Å². The Kier molecular flexibility index (Phi) is 4.92. The van der Waals surface area contributed by atoms with Gasteiger partial charge in [0.1, 0.15) is 11.4 Å². The standard InChI is InChI=1S/C16H24N4O2/c1-16(21,14-8-6-10-22-14)12-18-15(17-2)20(4)11-13-7-5-9-19(13)3/h5-10,21H,11-12H2,1-4H3,(H,17,18). The molecule has 0 amide bonds. The highest BCUT2D eigenvalue weighted by Crippen LogP contribution is 2.19. The van der Waals surface area contributed by atoms with E-state index in [2.05, 4.69) is 20.9 Å². The van der Waals surface area contributed by atoms with Crippen LogP contribution in [0.4, 0.5) is 0 Å². The van der Waals surface area contributed by atoms with Gasteiger partial charge in [0.05, 0.1) is 19.4 Å². The highest BCUT2D eigenvalue weighted by atomic mass is 16.4. The van der Waals surface area contributed by atoms with Crippen LogP contribution in [0.3, 0.4) is 0 Å². The molecule has 0 aliphatic carbocycles. The molecule has 0 fully saturated rings. The number of nitrogens with zero attached hydrogens (tertiary/aromatic N) is 3. The lowest BCUT2D eigenvalue weighted by Gasteiger charge is -2.26. The van der Waals surface area contributed by atoms with E-state index in [0.29, 0.717) is 18.3 Å². The number of aromatic nitrogens is 1. The Morgan fingerprint density at radius 2 is 2.23 bits per heavy atom. The number of aliphatic hydroxyl groups is 1. The van der Waals surface area contributed by atoms with Gasteiger partial charge in [-0.05, 0) is 31.2 Å². The SMILES string of the molecule is CN=C(NCC(C)(O)c1ccco1)N(C)Cc1cccn1C. The Morgan fingerprint density at radius 1 is 1.45 bits per heavy atom. The zero-order chi connectivity index (χ0) is 16.2. The third-order valence-electron chi connectivity index (χ3n) is 3.67. The summed E-state index contributed by atoms with van der Waals surface area (Å²) >= 11 is 0. The molecule has 6 nitrogen and oxygen atoms in total. The molecule has 0 aromatic carbocycles. The molecular weight excluding hydrogens is 280 g/mol. The molecule has 1 unspecified atom stereocenters. The minimum atomic E-state index is -1.09. The molecule has 0 saturated carbocycles. The van der Waals surface area contributed by atoms with Gasteiger partial charge in [-0.15, -0.1) is 0 Å². The third kappa shape index (κ3) is 3.71. The van der Waals surface area contributed by atoms with Crippen molar-refractivity contribution in [3.8, 4) is 0 Å². The lowest BCUT2D eigenvalue weighted by atomic mass is 10.0. The van der Waals surface area contributed by atoms with Crippen molar-refractivity contribution in [3.05, 3.63) is 48.2 Å². The zero-order valence-electron chi connectivity index (χ0n) is 13.6. The van der Waals surface area contributed by atoms with E-state index < -0.39 is 5.60 Å². The maximum absolute atomic E-state index is 10.5. The largest absolute Gasteiger partial charge is 0.466 e. The molecule has 0 saturated heterocycles. The van der Waals surface area contributed by atoms with Crippen LogP contribution in [-0.4, -0.2) is 41.2 Å². The van der Waals surface area contributed by atoms with Crippen LogP contribution in [0.15, 0.2) is 46.1 Å². The smallest absolute Gasteiger partial charge is 0.193 e. The zero-order valence-corrected chi connectivity index (χ0v) is 13.6. The molecule has 2 aromatic rings. The van der Waals surface area contributed by atoms with E-state index in [9.17, 15) is 5.11 Å². The van der Waals surface area contributed by atoms with Gasteiger partial charge in [0.2, 0.25) is 0 Å². The molecule has 0 aliphatic rings. The van der Waals surface area contributed by atoms with Gasteiger partial charge in [0.15, 0.2) is 5.96 Å². The number of rotatable bonds is 5. The second kappa shape index (κ2) is 6.70. The van der Waals surface area contributed by atoms with Crippen LogP contribution in [-0.2, 0) is 19.2 Å². The normalized spacial score (nSPS) is 14.7. The molecule has 0 spiro atoms. The maximum Gasteiger partial charge on any atom is 0.193 e. The maximum atomic E-state index is 10.5. The highest BCUT2D eigenvalue weighted by Gasteiger charge is 2.26. The minimum absolute atomic E-state index is 0.310. The van der Waals surface area contributed by atoms with Gasteiger partial charge in [-0.3, -0.25) is 4.99 Å². The van der Waals surface area contributed by atoms with E-state index in [0.717, 1.165) is 6.54 Å². The number of guanidine groups is 1. The van der Waals surface area contributed by atoms with Crippen LogP contribution in [0.5, 0.6) is 0 Å². The molecular formula is C16H24N4O2. The van der Waals surface area contributed by atoms with Crippen molar-refractivity contribution in [2.75, 3.05) is 20.6 Å². The molecule has 2 rings (SSSR count). The molecule has 6 heteroatoms. The minimum Gasteiger partial charge on any atom is -0.466 e. The van der Waals surface area contributed by atoms with Crippen molar-refractivity contribution in [1.82, 2.24) is 14.8 Å². The quantitative estimate of drug-likeness (QED) is 0.649. The summed E-state index contributed by atoms with van der Waals surface area (Å²) in [5.41, 5.74) is 0.0915.